The zero-order chi connectivity index (χ0) is 14.8. The molecule has 4 nitrogen and oxygen atoms in total. The Morgan fingerprint density at radius 3 is 2.55 bits per heavy atom. The predicted octanol–water partition coefficient (Wildman–Crippen LogP) is 2.08. The molecule has 20 heavy (non-hydrogen) atoms. The SMILES string of the molecule is CCC(CCO)CNCC(O)COc1ccc(Cl)cc1. The summed E-state index contributed by atoms with van der Waals surface area (Å²) in [6, 6.07) is 7.05. The van der Waals surface area contributed by atoms with Crippen LogP contribution in [0.2, 0.25) is 5.02 Å². The highest BCUT2D eigenvalue weighted by Crippen LogP contribution is 2.15. The van der Waals surface area contributed by atoms with Gasteiger partial charge in [0.2, 0.25) is 0 Å². The number of aliphatic hydroxyl groups excluding tert-OH is 2. The van der Waals surface area contributed by atoms with Gasteiger partial charge in [0.25, 0.3) is 0 Å². The lowest BCUT2D eigenvalue weighted by molar-refractivity contribution is 0.105. The van der Waals surface area contributed by atoms with Gasteiger partial charge in [-0.2, -0.15) is 0 Å². The molecular formula is C15H24ClNO3. The second-order valence-electron chi connectivity index (χ2n) is 4.86. The van der Waals surface area contributed by atoms with Crippen molar-refractivity contribution < 1.29 is 14.9 Å². The minimum Gasteiger partial charge on any atom is -0.491 e. The zero-order valence-electron chi connectivity index (χ0n) is 11.9. The summed E-state index contributed by atoms with van der Waals surface area (Å²) in [5, 5.41) is 22.6. The van der Waals surface area contributed by atoms with Crippen LogP contribution in [0.4, 0.5) is 0 Å². The first-order chi connectivity index (χ1) is 9.65. The summed E-state index contributed by atoms with van der Waals surface area (Å²) in [4.78, 5) is 0. The van der Waals surface area contributed by atoms with Crippen LogP contribution in [0.15, 0.2) is 24.3 Å². The summed E-state index contributed by atoms with van der Waals surface area (Å²) in [6.45, 7) is 3.83. The van der Waals surface area contributed by atoms with Gasteiger partial charge in [0.05, 0.1) is 0 Å². The van der Waals surface area contributed by atoms with Crippen LogP contribution in [0.3, 0.4) is 0 Å². The normalized spacial score (nSPS) is 14.0. The molecule has 0 aliphatic carbocycles. The van der Waals surface area contributed by atoms with E-state index >= 15 is 0 Å². The quantitative estimate of drug-likeness (QED) is 0.619. The van der Waals surface area contributed by atoms with E-state index in [1.165, 1.54) is 0 Å². The second-order valence-corrected chi connectivity index (χ2v) is 5.30. The molecular weight excluding hydrogens is 278 g/mol. The Morgan fingerprint density at radius 1 is 1.25 bits per heavy atom. The maximum Gasteiger partial charge on any atom is 0.119 e. The van der Waals surface area contributed by atoms with Crippen LogP contribution in [0.5, 0.6) is 5.75 Å². The number of rotatable bonds is 10. The van der Waals surface area contributed by atoms with E-state index in [4.69, 9.17) is 21.4 Å². The molecule has 1 aromatic rings. The molecule has 114 valence electrons. The Hall–Kier alpha value is -0.810. The molecule has 0 saturated carbocycles. The van der Waals surface area contributed by atoms with Gasteiger partial charge in [0.1, 0.15) is 18.5 Å². The molecule has 1 rings (SSSR count). The summed E-state index contributed by atoms with van der Waals surface area (Å²) >= 11 is 5.78. The van der Waals surface area contributed by atoms with E-state index in [1.54, 1.807) is 24.3 Å². The van der Waals surface area contributed by atoms with E-state index in [0.717, 1.165) is 19.4 Å². The van der Waals surface area contributed by atoms with Crippen molar-refractivity contribution in [3.63, 3.8) is 0 Å². The first-order valence-electron chi connectivity index (χ1n) is 7.03. The Morgan fingerprint density at radius 2 is 1.95 bits per heavy atom. The smallest absolute Gasteiger partial charge is 0.119 e. The Kier molecular flexibility index (Phi) is 8.62. The van der Waals surface area contributed by atoms with Crippen LogP contribution in [-0.2, 0) is 0 Å². The largest absolute Gasteiger partial charge is 0.491 e. The highest BCUT2D eigenvalue weighted by Gasteiger charge is 2.08. The lowest BCUT2D eigenvalue weighted by Crippen LogP contribution is -2.34. The fourth-order valence-electron chi connectivity index (χ4n) is 1.87. The summed E-state index contributed by atoms with van der Waals surface area (Å²) in [5.41, 5.74) is 0. The van der Waals surface area contributed by atoms with Gasteiger partial charge in [-0.1, -0.05) is 24.9 Å². The van der Waals surface area contributed by atoms with Crippen molar-refractivity contribution >= 4 is 11.6 Å². The van der Waals surface area contributed by atoms with E-state index in [1.807, 2.05) is 0 Å². The first-order valence-corrected chi connectivity index (χ1v) is 7.41. The Labute approximate surface area is 125 Å². The monoisotopic (exact) mass is 301 g/mol. The highest BCUT2D eigenvalue weighted by molar-refractivity contribution is 6.30. The van der Waals surface area contributed by atoms with Crippen molar-refractivity contribution in [1.29, 1.82) is 0 Å². The van der Waals surface area contributed by atoms with Gasteiger partial charge in [0.15, 0.2) is 0 Å². The molecule has 0 fully saturated rings. The molecule has 2 unspecified atom stereocenters. The van der Waals surface area contributed by atoms with Crippen molar-refractivity contribution in [3.8, 4) is 5.75 Å². The summed E-state index contributed by atoms with van der Waals surface area (Å²) in [6.07, 6.45) is 1.25. The molecule has 0 aromatic heterocycles. The van der Waals surface area contributed by atoms with Gasteiger partial charge in [-0.15, -0.1) is 0 Å². The fraction of sp³-hybridized carbons (Fsp3) is 0.600. The molecule has 0 saturated heterocycles. The van der Waals surface area contributed by atoms with E-state index in [9.17, 15) is 5.11 Å². The van der Waals surface area contributed by atoms with Crippen molar-refractivity contribution in [3.05, 3.63) is 29.3 Å². The summed E-state index contributed by atoms with van der Waals surface area (Å²) < 4.78 is 5.47. The van der Waals surface area contributed by atoms with Gasteiger partial charge in [0, 0.05) is 18.2 Å². The maximum absolute atomic E-state index is 9.82. The lowest BCUT2D eigenvalue weighted by Gasteiger charge is -2.17. The highest BCUT2D eigenvalue weighted by atomic mass is 35.5. The minimum absolute atomic E-state index is 0.211. The molecule has 0 bridgehead atoms. The molecule has 1 aromatic carbocycles. The van der Waals surface area contributed by atoms with Crippen molar-refractivity contribution in [2.75, 3.05) is 26.3 Å². The minimum atomic E-state index is -0.558. The third kappa shape index (κ3) is 7.10. The van der Waals surface area contributed by atoms with Crippen LogP contribution < -0.4 is 10.1 Å². The molecule has 0 amide bonds. The lowest BCUT2D eigenvalue weighted by atomic mass is 10.0. The third-order valence-electron chi connectivity index (χ3n) is 3.18. The molecule has 5 heteroatoms. The molecule has 0 heterocycles. The number of ether oxygens (including phenoxy) is 1. The first kappa shape index (κ1) is 17.2. The molecule has 0 aliphatic rings. The van der Waals surface area contributed by atoms with E-state index < -0.39 is 6.10 Å². The topological polar surface area (TPSA) is 61.7 Å². The Balaban J connectivity index is 2.16. The van der Waals surface area contributed by atoms with Crippen LogP contribution in [0, 0.1) is 5.92 Å². The molecule has 3 N–H and O–H groups in total. The van der Waals surface area contributed by atoms with Crippen molar-refractivity contribution in [2.45, 2.75) is 25.9 Å². The number of benzene rings is 1. The van der Waals surface area contributed by atoms with Crippen LogP contribution in [-0.4, -0.2) is 42.6 Å². The standard InChI is InChI=1S/C15H24ClNO3/c1-2-12(7-8-18)9-17-10-14(19)11-20-15-5-3-13(16)4-6-15/h3-6,12,14,17-19H,2,7-11H2,1H3. The average molecular weight is 302 g/mol. The Bertz CT molecular complexity index is 359. The van der Waals surface area contributed by atoms with E-state index in [2.05, 4.69) is 12.2 Å². The molecule has 0 spiro atoms. The molecule has 2 atom stereocenters. The van der Waals surface area contributed by atoms with Gasteiger partial charge >= 0.3 is 0 Å². The maximum atomic E-state index is 9.82. The summed E-state index contributed by atoms with van der Waals surface area (Å²) in [5.74, 6) is 1.14. The van der Waals surface area contributed by atoms with E-state index in [0.29, 0.717) is 23.2 Å². The molecule has 0 radical (unpaired) electrons. The van der Waals surface area contributed by atoms with Crippen LogP contribution in [0.25, 0.3) is 0 Å². The van der Waals surface area contributed by atoms with Crippen LogP contribution in [0.1, 0.15) is 19.8 Å². The number of hydrogen-bond acceptors (Lipinski definition) is 4. The van der Waals surface area contributed by atoms with Gasteiger partial charge in [-0.25, -0.2) is 0 Å². The van der Waals surface area contributed by atoms with Gasteiger partial charge < -0.3 is 20.3 Å². The number of halogens is 1. The van der Waals surface area contributed by atoms with Crippen molar-refractivity contribution in [1.82, 2.24) is 5.32 Å². The number of hydrogen-bond donors (Lipinski definition) is 3. The third-order valence-corrected chi connectivity index (χ3v) is 3.44. The van der Waals surface area contributed by atoms with Gasteiger partial charge in [-0.05, 0) is 43.1 Å². The number of nitrogens with one attached hydrogen (secondary N) is 1. The van der Waals surface area contributed by atoms with Crippen LogP contribution >= 0.6 is 11.6 Å². The van der Waals surface area contributed by atoms with Crippen molar-refractivity contribution in [2.24, 2.45) is 5.92 Å². The number of aliphatic hydroxyl groups is 2. The van der Waals surface area contributed by atoms with Gasteiger partial charge in [-0.3, -0.25) is 0 Å². The second kappa shape index (κ2) is 10.00. The predicted molar refractivity (Wildman–Crippen MR) is 81.3 cm³/mol. The zero-order valence-corrected chi connectivity index (χ0v) is 12.6. The molecule has 0 aliphatic heterocycles. The van der Waals surface area contributed by atoms with E-state index in [-0.39, 0.29) is 13.2 Å². The average Bonchev–Trinajstić information content (AvgIpc) is 2.45. The summed E-state index contributed by atoms with van der Waals surface area (Å²) in [7, 11) is 0. The fourth-order valence-corrected chi connectivity index (χ4v) is 2.00.